The first-order valence-corrected chi connectivity index (χ1v) is 16.9. The zero-order valence-corrected chi connectivity index (χ0v) is 28.0. The molecule has 0 aliphatic carbocycles. The molecular weight excluding hydrogens is 646 g/mol. The average Bonchev–Trinajstić information content (AvgIpc) is 3.87. The molecule has 2 fully saturated rings. The van der Waals surface area contributed by atoms with Crippen molar-refractivity contribution in [1.29, 1.82) is 0 Å². The molecular formula is C36H40F2N8O4. The van der Waals surface area contributed by atoms with Crippen molar-refractivity contribution in [2.24, 2.45) is 0 Å². The summed E-state index contributed by atoms with van der Waals surface area (Å²) >= 11 is 0. The second kappa shape index (κ2) is 14.0. The number of piperazine rings is 1. The molecule has 4 heterocycles. The second-order valence-corrected chi connectivity index (χ2v) is 12.9. The second-order valence-electron chi connectivity index (χ2n) is 12.9. The molecule has 2 aliphatic heterocycles. The van der Waals surface area contributed by atoms with Gasteiger partial charge in [0.15, 0.2) is 0 Å². The Hall–Kier alpha value is -5.08. The van der Waals surface area contributed by atoms with Crippen LogP contribution in [0.4, 0.5) is 20.2 Å². The van der Waals surface area contributed by atoms with Gasteiger partial charge in [-0.3, -0.25) is 0 Å². The number of aliphatic hydroxyl groups excluding tert-OH is 1. The highest BCUT2D eigenvalue weighted by Crippen LogP contribution is 2.41. The van der Waals surface area contributed by atoms with Crippen molar-refractivity contribution in [3.8, 4) is 11.4 Å². The van der Waals surface area contributed by atoms with E-state index < -0.39 is 23.3 Å². The molecule has 4 atom stereocenters. The first-order valence-electron chi connectivity index (χ1n) is 16.9. The summed E-state index contributed by atoms with van der Waals surface area (Å²) in [5, 5.41) is 18.5. The molecule has 3 aromatic carbocycles. The number of nitrogens with zero attached hydrogens (tertiary/aromatic N) is 8. The van der Waals surface area contributed by atoms with Crippen molar-refractivity contribution in [2.45, 2.75) is 57.1 Å². The van der Waals surface area contributed by atoms with Gasteiger partial charge < -0.3 is 24.4 Å². The van der Waals surface area contributed by atoms with Crippen LogP contribution in [0.1, 0.15) is 38.3 Å². The van der Waals surface area contributed by atoms with E-state index in [2.05, 4.69) is 25.0 Å². The third-order valence-electron chi connectivity index (χ3n) is 9.67. The molecule has 0 amide bonds. The van der Waals surface area contributed by atoms with Gasteiger partial charge in [0.05, 0.1) is 31.0 Å². The van der Waals surface area contributed by atoms with Gasteiger partial charge in [0.25, 0.3) is 0 Å². The van der Waals surface area contributed by atoms with Crippen molar-refractivity contribution in [1.82, 2.24) is 29.1 Å². The van der Waals surface area contributed by atoms with Crippen LogP contribution in [0.2, 0.25) is 0 Å². The first kappa shape index (κ1) is 33.4. The van der Waals surface area contributed by atoms with Gasteiger partial charge >= 0.3 is 5.69 Å². The molecule has 0 bridgehead atoms. The fourth-order valence-electron chi connectivity index (χ4n) is 7.05. The van der Waals surface area contributed by atoms with Crippen LogP contribution in [-0.2, 0) is 16.9 Å². The molecule has 2 saturated heterocycles. The van der Waals surface area contributed by atoms with E-state index in [0.29, 0.717) is 18.6 Å². The monoisotopic (exact) mass is 686 g/mol. The summed E-state index contributed by atoms with van der Waals surface area (Å²) in [5.41, 5.74) is 1.78. The molecule has 14 heteroatoms. The number of anilines is 2. The molecule has 0 saturated carbocycles. The van der Waals surface area contributed by atoms with Crippen molar-refractivity contribution in [3.05, 3.63) is 113 Å². The number of aromatic nitrogens is 6. The van der Waals surface area contributed by atoms with E-state index in [9.17, 15) is 18.7 Å². The van der Waals surface area contributed by atoms with Crippen LogP contribution >= 0.6 is 0 Å². The van der Waals surface area contributed by atoms with Gasteiger partial charge in [0.2, 0.25) is 0 Å². The van der Waals surface area contributed by atoms with Gasteiger partial charge in [-0.05, 0) is 67.9 Å². The van der Waals surface area contributed by atoms with Crippen LogP contribution in [-0.4, -0.2) is 79.2 Å². The highest BCUT2D eigenvalue weighted by Gasteiger charge is 2.45. The van der Waals surface area contributed by atoms with Gasteiger partial charge in [-0.15, -0.1) is 0 Å². The molecule has 50 heavy (non-hydrogen) atoms. The molecule has 262 valence electrons. The molecule has 0 spiro atoms. The van der Waals surface area contributed by atoms with Crippen LogP contribution in [0, 0.1) is 11.6 Å². The maximum Gasteiger partial charge on any atom is 0.350 e. The lowest BCUT2D eigenvalue weighted by atomic mass is 9.89. The number of hydrogen-bond donors (Lipinski definition) is 1. The Labute approximate surface area is 288 Å². The molecule has 1 unspecified atom stereocenters. The molecule has 12 nitrogen and oxygen atoms in total. The van der Waals surface area contributed by atoms with E-state index in [1.54, 1.807) is 17.9 Å². The van der Waals surface area contributed by atoms with E-state index in [1.165, 1.54) is 34.0 Å². The third-order valence-corrected chi connectivity index (χ3v) is 9.67. The quantitative estimate of drug-likeness (QED) is 0.217. The highest BCUT2D eigenvalue weighted by atomic mass is 19.1. The lowest BCUT2D eigenvalue weighted by molar-refractivity contribution is -0.0212. The molecule has 1 N–H and O–H groups in total. The van der Waals surface area contributed by atoms with Gasteiger partial charge in [0.1, 0.15) is 48.1 Å². The average molecular weight is 687 g/mol. The molecule has 2 aliphatic rings. The Kier molecular flexibility index (Phi) is 9.38. The van der Waals surface area contributed by atoms with Crippen molar-refractivity contribution in [2.75, 3.05) is 42.6 Å². The van der Waals surface area contributed by atoms with Crippen LogP contribution in [0.3, 0.4) is 0 Å². The van der Waals surface area contributed by atoms with Crippen LogP contribution in [0.25, 0.3) is 5.69 Å². The lowest BCUT2D eigenvalue weighted by Crippen LogP contribution is -2.46. The van der Waals surface area contributed by atoms with Crippen LogP contribution in [0.5, 0.6) is 5.75 Å². The van der Waals surface area contributed by atoms with E-state index in [0.717, 1.165) is 49.3 Å². The number of halogens is 2. The van der Waals surface area contributed by atoms with Crippen LogP contribution < -0.4 is 20.2 Å². The summed E-state index contributed by atoms with van der Waals surface area (Å²) in [4.78, 5) is 21.6. The summed E-state index contributed by atoms with van der Waals surface area (Å²) in [5.74, 6) is -0.645. The van der Waals surface area contributed by atoms with Crippen molar-refractivity contribution < 1.29 is 23.4 Å². The minimum atomic E-state index is -1.09. The Bertz CT molecular complexity index is 1940. The zero-order chi connectivity index (χ0) is 34.8. The topological polar surface area (TPSA) is 116 Å². The van der Waals surface area contributed by atoms with E-state index in [4.69, 9.17) is 9.47 Å². The first-order chi connectivity index (χ1) is 24.2. The van der Waals surface area contributed by atoms with E-state index in [1.807, 2.05) is 55.5 Å². The van der Waals surface area contributed by atoms with E-state index >= 15 is 0 Å². The number of aliphatic hydroxyl groups is 1. The third kappa shape index (κ3) is 6.72. The Morgan fingerprint density at radius 2 is 1.60 bits per heavy atom. The summed E-state index contributed by atoms with van der Waals surface area (Å²) in [6.07, 6.45) is 4.37. The van der Waals surface area contributed by atoms with Gasteiger partial charge in [-0.1, -0.05) is 13.0 Å². The molecule has 2 aromatic heterocycles. The van der Waals surface area contributed by atoms with E-state index in [-0.39, 0.29) is 36.6 Å². The highest BCUT2D eigenvalue weighted by molar-refractivity contribution is 5.54. The maximum absolute atomic E-state index is 15.0. The van der Waals surface area contributed by atoms with Crippen molar-refractivity contribution >= 4 is 11.4 Å². The van der Waals surface area contributed by atoms with Crippen LogP contribution in [0.15, 0.2) is 90.5 Å². The summed E-state index contributed by atoms with van der Waals surface area (Å²) < 4.78 is 45.7. The predicted octanol–water partition coefficient (Wildman–Crippen LogP) is 4.33. The lowest BCUT2D eigenvalue weighted by Gasteiger charge is -2.37. The summed E-state index contributed by atoms with van der Waals surface area (Å²) in [6, 6.07) is 19.0. The van der Waals surface area contributed by atoms with Gasteiger partial charge in [0, 0.05) is 55.6 Å². The number of ether oxygens (including phenoxy) is 2. The predicted molar refractivity (Wildman–Crippen MR) is 183 cm³/mol. The minimum absolute atomic E-state index is 0.209. The van der Waals surface area contributed by atoms with Gasteiger partial charge in [-0.2, -0.15) is 10.2 Å². The smallest absolute Gasteiger partial charge is 0.350 e. The molecule has 0 radical (unpaired) electrons. The van der Waals surface area contributed by atoms with Gasteiger partial charge in [-0.25, -0.2) is 32.5 Å². The largest absolute Gasteiger partial charge is 0.488 e. The SMILES string of the molecule is CC[C@@H]([C@H](C)O)n1ncn(-c2ccc(N3CCN(c4ccc(OC5CO[C@@](Cn6cncn6)(c6ccc(F)cc6F)C5)cc4)CC3)cc2)c1=O. The van der Waals surface area contributed by atoms with Crippen molar-refractivity contribution in [3.63, 3.8) is 0 Å². The minimum Gasteiger partial charge on any atom is -0.488 e. The molecule has 5 aromatic rings. The normalized spacial score (nSPS) is 20.6. The summed E-state index contributed by atoms with van der Waals surface area (Å²) in [7, 11) is 0. The fraction of sp³-hybridized carbons (Fsp3) is 0.389. The number of benzene rings is 3. The zero-order valence-electron chi connectivity index (χ0n) is 28.0. The Balaban J connectivity index is 0.954. The fourth-order valence-corrected chi connectivity index (χ4v) is 7.05. The Morgan fingerprint density at radius 1 is 0.940 bits per heavy atom. The summed E-state index contributed by atoms with van der Waals surface area (Å²) in [6.45, 7) is 7.35. The number of rotatable bonds is 11. The standard InChI is InChI=1S/C36H40F2N8O4/c1-3-34(25(2)47)46-35(48)45(24-41-46)29-7-5-27(6-8-29)42-14-16-43(17-15-42)28-9-11-30(12-10-28)50-31-19-36(49-20-31,21-44-23-39-22-40-44)32-13-4-26(37)18-33(32)38/h4-13,18,22-25,31,34,47H,3,14-17,19-21H2,1-2H3/t25-,31?,34-,36-/m0/s1. The Morgan fingerprint density at radius 3 is 2.20 bits per heavy atom. The number of hydrogen-bond acceptors (Lipinski definition) is 9. The maximum atomic E-state index is 15.0. The molecule has 7 rings (SSSR count).